The summed E-state index contributed by atoms with van der Waals surface area (Å²) in [6.45, 7) is 6.38. The minimum atomic E-state index is 0.0498. The Morgan fingerprint density at radius 1 is 1.35 bits per heavy atom. The second-order valence-corrected chi connectivity index (χ2v) is 6.40. The minimum absolute atomic E-state index is 0.0498. The summed E-state index contributed by atoms with van der Waals surface area (Å²) >= 11 is 7.31. The van der Waals surface area contributed by atoms with Crippen LogP contribution in [0.2, 0.25) is 5.02 Å². The highest BCUT2D eigenvalue weighted by Crippen LogP contribution is 2.19. The Morgan fingerprint density at radius 3 is 2.70 bits per heavy atom. The van der Waals surface area contributed by atoms with E-state index in [2.05, 4.69) is 19.2 Å². The molecule has 0 bridgehead atoms. The Morgan fingerprint density at radius 2 is 2.05 bits per heavy atom. The van der Waals surface area contributed by atoms with Gasteiger partial charge in [-0.25, -0.2) is 0 Å². The number of hydrogen-bond acceptors (Lipinski definition) is 3. The topological polar surface area (TPSA) is 38.3 Å². The van der Waals surface area contributed by atoms with E-state index in [0.29, 0.717) is 29.8 Å². The van der Waals surface area contributed by atoms with E-state index < -0.39 is 0 Å². The van der Waals surface area contributed by atoms with Crippen LogP contribution in [0, 0.1) is 5.92 Å². The molecular weight excluding hydrogens is 294 g/mol. The Labute approximate surface area is 130 Å². The fraction of sp³-hybridized carbons (Fsp3) is 0.533. The third-order valence-corrected chi connectivity index (χ3v) is 3.69. The molecule has 0 atom stereocenters. The maximum atomic E-state index is 11.6. The molecule has 1 rings (SSSR count). The molecule has 1 aromatic rings. The standard InChI is InChI=1S/C15H22ClNO2S/c1-12(2)10-19-9-3-8-17-15(18)11-20-14-6-4-13(16)5-7-14/h4-7,12H,3,8-11H2,1-2H3,(H,17,18). The largest absolute Gasteiger partial charge is 0.381 e. The molecule has 3 nitrogen and oxygen atoms in total. The first-order valence-corrected chi connectivity index (χ1v) is 8.17. The number of thioether (sulfide) groups is 1. The van der Waals surface area contributed by atoms with E-state index in [4.69, 9.17) is 16.3 Å². The van der Waals surface area contributed by atoms with Gasteiger partial charge in [0.25, 0.3) is 0 Å². The van der Waals surface area contributed by atoms with Crippen molar-refractivity contribution in [3.8, 4) is 0 Å². The fourth-order valence-corrected chi connectivity index (χ4v) is 2.31. The van der Waals surface area contributed by atoms with Crippen LogP contribution in [-0.2, 0) is 9.53 Å². The maximum Gasteiger partial charge on any atom is 0.230 e. The van der Waals surface area contributed by atoms with E-state index in [0.717, 1.165) is 17.9 Å². The molecule has 1 aromatic carbocycles. The van der Waals surface area contributed by atoms with Crippen molar-refractivity contribution in [1.29, 1.82) is 0 Å². The van der Waals surface area contributed by atoms with Gasteiger partial charge in [0.1, 0.15) is 0 Å². The van der Waals surface area contributed by atoms with Gasteiger partial charge in [0, 0.05) is 29.7 Å². The normalized spacial score (nSPS) is 10.8. The predicted molar refractivity (Wildman–Crippen MR) is 85.5 cm³/mol. The molecule has 0 aromatic heterocycles. The zero-order valence-corrected chi connectivity index (χ0v) is 13.6. The number of rotatable bonds is 9. The van der Waals surface area contributed by atoms with E-state index in [-0.39, 0.29) is 5.91 Å². The van der Waals surface area contributed by atoms with E-state index in [9.17, 15) is 4.79 Å². The molecule has 0 fully saturated rings. The number of halogens is 1. The van der Waals surface area contributed by atoms with Crippen molar-refractivity contribution in [2.24, 2.45) is 5.92 Å². The van der Waals surface area contributed by atoms with Gasteiger partial charge in [0.2, 0.25) is 5.91 Å². The molecule has 0 saturated heterocycles. The van der Waals surface area contributed by atoms with Crippen LogP contribution in [0.15, 0.2) is 29.2 Å². The molecule has 1 N–H and O–H groups in total. The van der Waals surface area contributed by atoms with Crippen molar-refractivity contribution >= 4 is 29.3 Å². The van der Waals surface area contributed by atoms with Gasteiger partial charge in [-0.3, -0.25) is 4.79 Å². The van der Waals surface area contributed by atoms with E-state index in [1.54, 1.807) is 0 Å². The molecule has 1 amide bonds. The summed E-state index contributed by atoms with van der Waals surface area (Å²) in [5.41, 5.74) is 0. The lowest BCUT2D eigenvalue weighted by molar-refractivity contribution is -0.118. The lowest BCUT2D eigenvalue weighted by Gasteiger charge is -2.07. The van der Waals surface area contributed by atoms with Gasteiger partial charge in [-0.2, -0.15) is 0 Å². The lowest BCUT2D eigenvalue weighted by Crippen LogP contribution is -2.27. The Kier molecular flexibility index (Phi) is 8.74. The van der Waals surface area contributed by atoms with Crippen LogP contribution in [0.3, 0.4) is 0 Å². The minimum Gasteiger partial charge on any atom is -0.381 e. The Bertz CT molecular complexity index is 395. The molecule has 0 radical (unpaired) electrons. The molecular formula is C15H22ClNO2S. The molecule has 112 valence electrons. The lowest BCUT2D eigenvalue weighted by atomic mass is 10.2. The van der Waals surface area contributed by atoms with Gasteiger partial charge in [-0.15, -0.1) is 11.8 Å². The second kappa shape index (κ2) is 10.1. The van der Waals surface area contributed by atoms with Crippen LogP contribution in [-0.4, -0.2) is 31.4 Å². The molecule has 20 heavy (non-hydrogen) atoms. The Hall–Kier alpha value is -0.710. The summed E-state index contributed by atoms with van der Waals surface area (Å²) in [6.07, 6.45) is 0.851. The van der Waals surface area contributed by atoms with Crippen molar-refractivity contribution in [2.75, 3.05) is 25.5 Å². The molecule has 0 aliphatic carbocycles. The monoisotopic (exact) mass is 315 g/mol. The number of carbonyl (C=O) groups is 1. The van der Waals surface area contributed by atoms with Crippen LogP contribution in [0.4, 0.5) is 0 Å². The fourth-order valence-electron chi connectivity index (χ4n) is 1.45. The number of hydrogen-bond donors (Lipinski definition) is 1. The first-order chi connectivity index (χ1) is 9.58. The summed E-state index contributed by atoms with van der Waals surface area (Å²) in [7, 11) is 0. The number of nitrogens with one attached hydrogen (secondary N) is 1. The number of carbonyl (C=O) groups excluding carboxylic acids is 1. The van der Waals surface area contributed by atoms with Crippen molar-refractivity contribution < 1.29 is 9.53 Å². The van der Waals surface area contributed by atoms with Gasteiger partial charge in [0.15, 0.2) is 0 Å². The van der Waals surface area contributed by atoms with E-state index in [1.165, 1.54) is 11.8 Å². The van der Waals surface area contributed by atoms with Gasteiger partial charge in [-0.05, 0) is 36.6 Å². The van der Waals surface area contributed by atoms with Crippen LogP contribution in [0.25, 0.3) is 0 Å². The highest BCUT2D eigenvalue weighted by Gasteiger charge is 2.02. The van der Waals surface area contributed by atoms with Crippen LogP contribution in [0.5, 0.6) is 0 Å². The van der Waals surface area contributed by atoms with Crippen molar-refractivity contribution in [3.05, 3.63) is 29.3 Å². The smallest absolute Gasteiger partial charge is 0.230 e. The van der Waals surface area contributed by atoms with Crippen LogP contribution in [0.1, 0.15) is 20.3 Å². The molecule has 5 heteroatoms. The number of amides is 1. The highest BCUT2D eigenvalue weighted by atomic mass is 35.5. The predicted octanol–water partition coefficient (Wildman–Crippen LogP) is 3.61. The maximum absolute atomic E-state index is 11.6. The average Bonchev–Trinajstić information content (AvgIpc) is 2.41. The van der Waals surface area contributed by atoms with Crippen LogP contribution < -0.4 is 5.32 Å². The Balaban J connectivity index is 2.04. The number of ether oxygens (including phenoxy) is 1. The zero-order valence-electron chi connectivity index (χ0n) is 12.0. The van der Waals surface area contributed by atoms with E-state index >= 15 is 0 Å². The molecule has 0 spiro atoms. The third-order valence-electron chi connectivity index (χ3n) is 2.42. The summed E-state index contributed by atoms with van der Waals surface area (Å²) < 4.78 is 5.45. The van der Waals surface area contributed by atoms with E-state index in [1.807, 2.05) is 24.3 Å². The van der Waals surface area contributed by atoms with Gasteiger partial charge < -0.3 is 10.1 Å². The second-order valence-electron chi connectivity index (χ2n) is 4.91. The summed E-state index contributed by atoms with van der Waals surface area (Å²) in [5.74, 6) is 1.03. The SMILES string of the molecule is CC(C)COCCCNC(=O)CSc1ccc(Cl)cc1. The summed E-state index contributed by atoms with van der Waals surface area (Å²) in [6, 6.07) is 7.49. The van der Waals surface area contributed by atoms with Gasteiger partial charge >= 0.3 is 0 Å². The molecule has 0 aliphatic heterocycles. The van der Waals surface area contributed by atoms with Crippen molar-refractivity contribution in [2.45, 2.75) is 25.2 Å². The first-order valence-electron chi connectivity index (χ1n) is 6.80. The average molecular weight is 316 g/mol. The molecule has 0 aliphatic rings. The quantitative estimate of drug-likeness (QED) is 0.559. The highest BCUT2D eigenvalue weighted by molar-refractivity contribution is 8.00. The summed E-state index contributed by atoms with van der Waals surface area (Å²) in [4.78, 5) is 12.7. The molecule has 0 unspecified atom stereocenters. The zero-order chi connectivity index (χ0) is 14.8. The van der Waals surface area contributed by atoms with Crippen molar-refractivity contribution in [1.82, 2.24) is 5.32 Å². The number of benzene rings is 1. The third kappa shape index (κ3) is 8.46. The van der Waals surface area contributed by atoms with Gasteiger partial charge in [0.05, 0.1) is 5.75 Å². The molecule has 0 saturated carbocycles. The summed E-state index contributed by atoms with van der Waals surface area (Å²) in [5, 5.41) is 3.60. The molecule has 0 heterocycles. The van der Waals surface area contributed by atoms with Crippen molar-refractivity contribution in [3.63, 3.8) is 0 Å². The van der Waals surface area contributed by atoms with Crippen LogP contribution >= 0.6 is 23.4 Å². The van der Waals surface area contributed by atoms with Gasteiger partial charge in [-0.1, -0.05) is 25.4 Å². The first kappa shape index (κ1) is 17.3.